The Kier molecular flexibility index (Phi) is 2.54. The van der Waals surface area contributed by atoms with Crippen LogP contribution in [0.5, 0.6) is 0 Å². The van der Waals surface area contributed by atoms with Gasteiger partial charge in [0.15, 0.2) is 0 Å². The Morgan fingerprint density at radius 3 is 2.80 bits per heavy atom. The van der Waals surface area contributed by atoms with Crippen LogP contribution >= 0.6 is 15.9 Å². The zero-order chi connectivity index (χ0) is 11.1. The van der Waals surface area contributed by atoms with Crippen LogP contribution in [-0.2, 0) is 10.2 Å². The molecule has 1 aliphatic rings. The lowest BCUT2D eigenvalue weighted by atomic mass is 9.81. The number of hydrogen-bond acceptors (Lipinski definition) is 1. The smallest absolute Gasteiger partial charge is 0.220 e. The van der Waals surface area contributed by atoms with Gasteiger partial charge in [-0.2, -0.15) is 0 Å². The van der Waals surface area contributed by atoms with Gasteiger partial charge in [0.2, 0.25) is 5.91 Å². The van der Waals surface area contributed by atoms with Gasteiger partial charge in [0.05, 0.1) is 0 Å². The van der Waals surface area contributed by atoms with E-state index in [1.807, 2.05) is 6.92 Å². The van der Waals surface area contributed by atoms with E-state index in [0.29, 0.717) is 23.0 Å². The number of amides is 1. The fourth-order valence-electron chi connectivity index (χ4n) is 1.94. The molecule has 1 heterocycles. The molecule has 1 aliphatic heterocycles. The van der Waals surface area contributed by atoms with Gasteiger partial charge in [0.25, 0.3) is 0 Å². The number of carbonyl (C=O) groups is 1. The second-order valence-electron chi connectivity index (χ2n) is 4.14. The minimum Gasteiger partial charge on any atom is -0.355 e. The maximum absolute atomic E-state index is 13.7. The van der Waals surface area contributed by atoms with E-state index in [2.05, 4.69) is 21.2 Å². The fraction of sp³-hybridized carbons (Fsp3) is 0.364. The van der Waals surface area contributed by atoms with Crippen molar-refractivity contribution in [3.8, 4) is 0 Å². The highest BCUT2D eigenvalue weighted by molar-refractivity contribution is 9.10. The lowest BCUT2D eigenvalue weighted by molar-refractivity contribution is -0.119. The minimum absolute atomic E-state index is 0.0141. The van der Waals surface area contributed by atoms with Crippen LogP contribution in [0.4, 0.5) is 4.39 Å². The van der Waals surface area contributed by atoms with Crippen LogP contribution in [0.25, 0.3) is 0 Å². The summed E-state index contributed by atoms with van der Waals surface area (Å²) in [5, 5.41) is 2.73. The molecule has 1 fully saturated rings. The highest BCUT2D eigenvalue weighted by atomic mass is 79.9. The first-order chi connectivity index (χ1) is 7.01. The van der Waals surface area contributed by atoms with Crippen LogP contribution < -0.4 is 5.32 Å². The van der Waals surface area contributed by atoms with Crippen molar-refractivity contribution in [2.75, 3.05) is 6.54 Å². The van der Waals surface area contributed by atoms with Gasteiger partial charge in [-0.25, -0.2) is 4.39 Å². The zero-order valence-corrected chi connectivity index (χ0v) is 9.90. The highest BCUT2D eigenvalue weighted by Crippen LogP contribution is 2.33. The average molecular weight is 272 g/mol. The third kappa shape index (κ3) is 1.91. The molecule has 1 aromatic rings. The van der Waals surface area contributed by atoms with E-state index in [1.165, 1.54) is 6.07 Å². The Bertz CT molecular complexity index is 421. The molecular weight excluding hydrogens is 261 g/mol. The maximum Gasteiger partial charge on any atom is 0.220 e. The Hall–Kier alpha value is -0.900. The van der Waals surface area contributed by atoms with E-state index in [4.69, 9.17) is 0 Å². The Balaban J connectivity index is 2.41. The Morgan fingerprint density at radius 2 is 2.27 bits per heavy atom. The molecule has 1 aromatic carbocycles. The predicted octanol–water partition coefficient (Wildman–Crippen LogP) is 2.37. The van der Waals surface area contributed by atoms with Crippen LogP contribution in [0.3, 0.4) is 0 Å². The molecule has 0 bridgehead atoms. The average Bonchev–Trinajstić information content (AvgIpc) is 2.46. The van der Waals surface area contributed by atoms with Crippen LogP contribution in [0.15, 0.2) is 22.7 Å². The minimum atomic E-state index is -0.415. The molecule has 1 saturated heterocycles. The number of halogens is 2. The molecular formula is C11H11BrFNO. The summed E-state index contributed by atoms with van der Waals surface area (Å²) in [5.41, 5.74) is 0.186. The van der Waals surface area contributed by atoms with Crippen molar-refractivity contribution in [2.45, 2.75) is 18.8 Å². The lowest BCUT2D eigenvalue weighted by Crippen LogP contribution is -2.26. The van der Waals surface area contributed by atoms with E-state index < -0.39 is 5.41 Å². The van der Waals surface area contributed by atoms with Crippen molar-refractivity contribution >= 4 is 21.8 Å². The summed E-state index contributed by atoms with van der Waals surface area (Å²) < 4.78 is 14.4. The number of hydrogen-bond donors (Lipinski definition) is 1. The monoisotopic (exact) mass is 271 g/mol. The number of carbonyl (C=O) groups excluding carboxylic acids is 1. The number of benzene rings is 1. The highest BCUT2D eigenvalue weighted by Gasteiger charge is 2.37. The molecule has 4 heteroatoms. The molecule has 1 N–H and O–H groups in total. The molecule has 1 atom stereocenters. The molecule has 0 radical (unpaired) electrons. The van der Waals surface area contributed by atoms with Gasteiger partial charge in [0, 0.05) is 22.9 Å². The summed E-state index contributed by atoms with van der Waals surface area (Å²) in [6, 6.07) is 4.97. The summed E-state index contributed by atoms with van der Waals surface area (Å²) in [5.74, 6) is -0.275. The molecule has 2 rings (SSSR count). The summed E-state index contributed by atoms with van der Waals surface area (Å²) in [6.45, 7) is 2.40. The van der Waals surface area contributed by atoms with Gasteiger partial charge in [-0.15, -0.1) is 0 Å². The number of nitrogens with one attached hydrogen (secondary N) is 1. The van der Waals surface area contributed by atoms with Crippen molar-refractivity contribution in [3.05, 3.63) is 34.1 Å². The van der Waals surface area contributed by atoms with Gasteiger partial charge in [0.1, 0.15) is 5.82 Å². The van der Waals surface area contributed by atoms with Crippen molar-refractivity contribution in [2.24, 2.45) is 0 Å². The van der Waals surface area contributed by atoms with Crippen LogP contribution in [0.1, 0.15) is 18.9 Å². The van der Waals surface area contributed by atoms with Crippen molar-refractivity contribution in [3.63, 3.8) is 0 Å². The summed E-state index contributed by atoms with van der Waals surface area (Å²) in [6.07, 6.45) is 0.353. The van der Waals surface area contributed by atoms with Crippen LogP contribution in [-0.4, -0.2) is 12.5 Å². The van der Waals surface area contributed by atoms with Gasteiger partial charge < -0.3 is 5.32 Å². The van der Waals surface area contributed by atoms with Gasteiger partial charge in [-0.05, 0) is 17.7 Å². The van der Waals surface area contributed by atoms with Crippen LogP contribution in [0.2, 0.25) is 0 Å². The quantitative estimate of drug-likeness (QED) is 0.835. The molecule has 0 saturated carbocycles. The van der Waals surface area contributed by atoms with Gasteiger partial charge in [-0.3, -0.25) is 4.79 Å². The second-order valence-corrected chi connectivity index (χ2v) is 5.05. The normalized spacial score (nSPS) is 25.4. The molecule has 2 nitrogen and oxygen atoms in total. The molecule has 15 heavy (non-hydrogen) atoms. The molecule has 0 spiro atoms. The molecule has 0 aromatic heterocycles. The van der Waals surface area contributed by atoms with Gasteiger partial charge >= 0.3 is 0 Å². The third-order valence-electron chi connectivity index (χ3n) is 2.81. The van der Waals surface area contributed by atoms with E-state index in [0.717, 1.165) is 0 Å². The van der Waals surface area contributed by atoms with Crippen molar-refractivity contribution in [1.29, 1.82) is 0 Å². The number of rotatable bonds is 1. The first kappa shape index (κ1) is 10.6. The molecule has 1 unspecified atom stereocenters. The Morgan fingerprint density at radius 1 is 1.53 bits per heavy atom. The van der Waals surface area contributed by atoms with Crippen molar-refractivity contribution < 1.29 is 9.18 Å². The van der Waals surface area contributed by atoms with Crippen LogP contribution in [0, 0.1) is 5.82 Å². The molecule has 0 aliphatic carbocycles. The second kappa shape index (κ2) is 3.59. The Labute approximate surface area is 96.0 Å². The summed E-state index contributed by atoms with van der Waals surface area (Å²) in [4.78, 5) is 11.2. The zero-order valence-electron chi connectivity index (χ0n) is 8.31. The van der Waals surface area contributed by atoms with E-state index >= 15 is 0 Å². The molecule has 1 amide bonds. The standard InChI is InChI=1S/C11H11BrFNO/c1-11(5-10(15)14-6-11)8-3-2-7(12)4-9(8)13/h2-4H,5-6H2,1H3,(H,14,15). The summed E-state index contributed by atoms with van der Waals surface area (Å²) >= 11 is 3.21. The van der Waals surface area contributed by atoms with E-state index in [-0.39, 0.29) is 11.7 Å². The maximum atomic E-state index is 13.7. The molecule has 80 valence electrons. The predicted molar refractivity (Wildman–Crippen MR) is 59.1 cm³/mol. The first-order valence-corrected chi connectivity index (χ1v) is 5.53. The van der Waals surface area contributed by atoms with Gasteiger partial charge in [-0.1, -0.05) is 28.9 Å². The topological polar surface area (TPSA) is 29.1 Å². The summed E-state index contributed by atoms with van der Waals surface area (Å²) in [7, 11) is 0. The lowest BCUT2D eigenvalue weighted by Gasteiger charge is -2.22. The first-order valence-electron chi connectivity index (χ1n) is 4.73. The van der Waals surface area contributed by atoms with E-state index in [9.17, 15) is 9.18 Å². The van der Waals surface area contributed by atoms with E-state index in [1.54, 1.807) is 12.1 Å². The SMILES string of the molecule is CC1(c2ccc(Br)cc2F)CNC(=O)C1. The third-order valence-corrected chi connectivity index (χ3v) is 3.30. The van der Waals surface area contributed by atoms with Crippen molar-refractivity contribution in [1.82, 2.24) is 5.32 Å². The fourth-order valence-corrected chi connectivity index (χ4v) is 2.28. The largest absolute Gasteiger partial charge is 0.355 e.